The molecule has 10 nitrogen and oxygen atoms in total. The van der Waals surface area contributed by atoms with Crippen LogP contribution >= 0.6 is 0 Å². The minimum absolute atomic E-state index is 0.00732. The Labute approximate surface area is 264 Å². The van der Waals surface area contributed by atoms with Crippen molar-refractivity contribution in [1.29, 1.82) is 0 Å². The first-order chi connectivity index (χ1) is 21.6. The molecule has 2 atom stereocenters. The van der Waals surface area contributed by atoms with Gasteiger partial charge >= 0.3 is 12.1 Å². The number of benzene rings is 2. The number of nitrogens with one attached hydrogen (secondary N) is 1. The second-order valence-electron chi connectivity index (χ2n) is 12.3. The summed E-state index contributed by atoms with van der Waals surface area (Å²) in [5.74, 6) is -2.04. The number of nitrogens with zero attached hydrogens (tertiary/aromatic N) is 4. The van der Waals surface area contributed by atoms with E-state index in [9.17, 15) is 32.7 Å². The second-order valence-corrected chi connectivity index (χ2v) is 12.3. The van der Waals surface area contributed by atoms with Gasteiger partial charge in [-0.15, -0.1) is 0 Å². The molecule has 0 bridgehead atoms. The normalized spacial score (nSPS) is 13.4. The molecule has 2 aromatic carbocycles. The molecule has 0 aliphatic rings. The minimum atomic E-state index is -4.76. The summed E-state index contributed by atoms with van der Waals surface area (Å²) in [6.07, 6.45) is -4.06. The molecule has 2 N–H and O–H groups in total. The van der Waals surface area contributed by atoms with E-state index >= 15 is 0 Å². The van der Waals surface area contributed by atoms with Gasteiger partial charge in [0.1, 0.15) is 17.1 Å². The summed E-state index contributed by atoms with van der Waals surface area (Å²) in [6, 6.07) is 7.32. The standard InChI is InChI=1S/C33H38F3N5O5/c1-18(2)12-27(41-17-21(10-11-40(5)6)24(15-28(41)42)33(34,35)36)32(45)37-25(16-29(43)44)22-13-23(31-26(14-22)38-46-39-31)30-19(3)8-7-9-20(30)4/h7-9,13-15,17-18,25,27H,10-12,16H2,1-6H3,(H,37,45)(H,43,44)/t25-,27+/m0/s1. The van der Waals surface area contributed by atoms with Gasteiger partial charge in [0.25, 0.3) is 5.56 Å². The molecule has 0 aliphatic carbocycles. The van der Waals surface area contributed by atoms with Crippen molar-refractivity contribution < 1.29 is 32.5 Å². The average Bonchev–Trinajstić information content (AvgIpc) is 3.43. The van der Waals surface area contributed by atoms with Crippen LogP contribution in [0.4, 0.5) is 13.2 Å². The smallest absolute Gasteiger partial charge is 0.416 e. The Hall–Kier alpha value is -4.52. The molecule has 0 unspecified atom stereocenters. The van der Waals surface area contributed by atoms with Crippen LogP contribution in [0.15, 0.2) is 52.0 Å². The van der Waals surface area contributed by atoms with Gasteiger partial charge in [-0.25, -0.2) is 4.63 Å². The van der Waals surface area contributed by atoms with E-state index in [1.165, 1.54) is 0 Å². The molecule has 46 heavy (non-hydrogen) atoms. The maximum Gasteiger partial charge on any atom is 0.416 e. The fourth-order valence-corrected chi connectivity index (χ4v) is 5.67. The van der Waals surface area contributed by atoms with Crippen LogP contribution in [0.1, 0.15) is 66.6 Å². The average molecular weight is 642 g/mol. The van der Waals surface area contributed by atoms with Crippen LogP contribution < -0.4 is 10.9 Å². The Morgan fingerprint density at radius 2 is 1.76 bits per heavy atom. The van der Waals surface area contributed by atoms with E-state index in [2.05, 4.69) is 15.6 Å². The number of carbonyl (C=O) groups is 2. The highest BCUT2D eigenvalue weighted by Crippen LogP contribution is 2.36. The lowest BCUT2D eigenvalue weighted by molar-refractivity contribution is -0.139. The van der Waals surface area contributed by atoms with Crippen molar-refractivity contribution in [3.05, 3.63) is 80.8 Å². The molecular formula is C33H38F3N5O5. The van der Waals surface area contributed by atoms with Gasteiger partial charge in [-0.2, -0.15) is 13.2 Å². The molecule has 0 aliphatic heterocycles. The first-order valence-corrected chi connectivity index (χ1v) is 14.9. The number of likely N-dealkylation sites (N-methyl/N-ethyl adjacent to an activating group) is 1. The maximum absolute atomic E-state index is 14.0. The van der Waals surface area contributed by atoms with Crippen LogP contribution in [0.2, 0.25) is 0 Å². The number of hydrogen-bond acceptors (Lipinski definition) is 7. The maximum atomic E-state index is 14.0. The molecule has 0 spiro atoms. The van der Waals surface area contributed by atoms with E-state index in [4.69, 9.17) is 4.63 Å². The van der Waals surface area contributed by atoms with Crippen LogP contribution in [-0.4, -0.2) is 57.4 Å². The third kappa shape index (κ3) is 7.82. The summed E-state index contributed by atoms with van der Waals surface area (Å²) < 4.78 is 47.8. The number of pyridine rings is 1. The molecule has 0 saturated heterocycles. The molecule has 1 amide bonds. The zero-order valence-electron chi connectivity index (χ0n) is 26.6. The van der Waals surface area contributed by atoms with E-state index in [0.717, 1.165) is 27.5 Å². The summed E-state index contributed by atoms with van der Waals surface area (Å²) in [5, 5.41) is 20.7. The fourth-order valence-electron chi connectivity index (χ4n) is 5.67. The lowest BCUT2D eigenvalue weighted by Crippen LogP contribution is -2.40. The summed E-state index contributed by atoms with van der Waals surface area (Å²) in [6.45, 7) is 7.77. The number of hydrogen-bond donors (Lipinski definition) is 2. The molecule has 246 valence electrons. The van der Waals surface area contributed by atoms with Crippen LogP contribution in [0, 0.1) is 19.8 Å². The van der Waals surface area contributed by atoms with Crippen molar-refractivity contribution in [1.82, 2.24) is 25.1 Å². The quantitative estimate of drug-likeness (QED) is 0.201. The molecule has 0 radical (unpaired) electrons. The van der Waals surface area contributed by atoms with Crippen LogP contribution in [-0.2, 0) is 22.2 Å². The van der Waals surface area contributed by atoms with Crippen molar-refractivity contribution in [3.63, 3.8) is 0 Å². The van der Waals surface area contributed by atoms with Gasteiger partial charge < -0.3 is 19.9 Å². The van der Waals surface area contributed by atoms with Gasteiger partial charge in [0.05, 0.1) is 18.0 Å². The Balaban J connectivity index is 1.81. The van der Waals surface area contributed by atoms with Crippen molar-refractivity contribution in [3.8, 4) is 11.1 Å². The Kier molecular flexibility index (Phi) is 10.3. The van der Waals surface area contributed by atoms with E-state index in [1.54, 1.807) is 31.1 Å². The number of aromatic nitrogens is 3. The molecule has 13 heteroatoms. The number of amides is 1. The lowest BCUT2D eigenvalue weighted by atomic mass is 9.91. The van der Waals surface area contributed by atoms with Crippen LogP contribution in [0.25, 0.3) is 22.2 Å². The number of carbonyl (C=O) groups excluding carboxylic acids is 1. The number of halogens is 3. The number of aryl methyl sites for hydroxylation is 2. The predicted octanol–water partition coefficient (Wildman–Crippen LogP) is 5.71. The number of rotatable bonds is 12. The van der Waals surface area contributed by atoms with Crippen LogP contribution in [0.5, 0.6) is 0 Å². The first-order valence-electron chi connectivity index (χ1n) is 14.9. The third-order valence-corrected chi connectivity index (χ3v) is 7.86. The summed E-state index contributed by atoms with van der Waals surface area (Å²) in [7, 11) is 3.44. The van der Waals surface area contributed by atoms with E-state index in [-0.39, 0.29) is 30.9 Å². The third-order valence-electron chi connectivity index (χ3n) is 7.86. The van der Waals surface area contributed by atoms with Crippen molar-refractivity contribution in [2.24, 2.45) is 5.92 Å². The number of aliphatic carboxylic acids is 1. The van der Waals surface area contributed by atoms with Gasteiger partial charge in [-0.05, 0) is 97.0 Å². The predicted molar refractivity (Wildman–Crippen MR) is 166 cm³/mol. The molecule has 2 aromatic heterocycles. The molecule has 4 aromatic rings. The minimum Gasteiger partial charge on any atom is -0.481 e. The fraction of sp³-hybridized carbons (Fsp3) is 0.424. The van der Waals surface area contributed by atoms with Gasteiger partial charge in [-0.3, -0.25) is 14.4 Å². The lowest BCUT2D eigenvalue weighted by Gasteiger charge is -2.26. The summed E-state index contributed by atoms with van der Waals surface area (Å²) in [4.78, 5) is 40.9. The molecule has 0 saturated carbocycles. The largest absolute Gasteiger partial charge is 0.481 e. The zero-order chi connectivity index (χ0) is 33.9. The topological polar surface area (TPSA) is 131 Å². The number of carboxylic acids is 1. The second kappa shape index (κ2) is 13.9. The van der Waals surface area contributed by atoms with Crippen molar-refractivity contribution in [2.45, 2.75) is 65.2 Å². The number of fused-ring (bicyclic) bond motifs is 1. The van der Waals surface area contributed by atoms with Gasteiger partial charge in [0.2, 0.25) is 5.91 Å². The van der Waals surface area contributed by atoms with E-state index in [0.29, 0.717) is 28.2 Å². The SMILES string of the molecule is Cc1cccc(C)c1-c1cc([C@H](CC(=O)O)NC(=O)[C@@H](CC(C)C)n2cc(CCN(C)C)c(C(F)(F)F)cc2=O)cc2nonc12. The Bertz CT molecular complexity index is 1770. The highest BCUT2D eigenvalue weighted by Gasteiger charge is 2.36. The van der Waals surface area contributed by atoms with Crippen molar-refractivity contribution >= 4 is 22.9 Å². The monoisotopic (exact) mass is 641 g/mol. The Morgan fingerprint density at radius 1 is 1.09 bits per heavy atom. The highest BCUT2D eigenvalue weighted by molar-refractivity contribution is 5.94. The molecular weight excluding hydrogens is 603 g/mol. The van der Waals surface area contributed by atoms with Gasteiger partial charge in [0, 0.05) is 24.4 Å². The Morgan fingerprint density at radius 3 is 2.35 bits per heavy atom. The molecule has 2 heterocycles. The number of alkyl halides is 3. The zero-order valence-corrected chi connectivity index (χ0v) is 26.6. The van der Waals surface area contributed by atoms with Crippen LogP contribution in [0.3, 0.4) is 0 Å². The summed E-state index contributed by atoms with van der Waals surface area (Å²) >= 11 is 0. The first kappa shape index (κ1) is 34.4. The molecule has 0 fully saturated rings. The molecule has 4 rings (SSSR count). The number of carboxylic acid groups (broad SMARTS) is 1. The highest BCUT2D eigenvalue weighted by atomic mass is 19.4. The van der Waals surface area contributed by atoms with Crippen molar-refractivity contribution in [2.75, 3.05) is 20.6 Å². The van der Waals surface area contributed by atoms with E-state index < -0.39 is 47.7 Å². The van der Waals surface area contributed by atoms with E-state index in [1.807, 2.05) is 45.9 Å². The van der Waals surface area contributed by atoms with Gasteiger partial charge in [-0.1, -0.05) is 32.0 Å². The van der Waals surface area contributed by atoms with Gasteiger partial charge in [0.15, 0.2) is 0 Å². The summed E-state index contributed by atoms with van der Waals surface area (Å²) in [5.41, 5.74) is 2.43.